The van der Waals surface area contributed by atoms with Gasteiger partial charge in [0, 0.05) is 51.1 Å². The van der Waals surface area contributed by atoms with Gasteiger partial charge < -0.3 is 8.97 Å². The number of pyridine rings is 2. The van der Waals surface area contributed by atoms with E-state index in [2.05, 4.69) is 174 Å². The molecular weight excluding hydrogens is 576 g/mol. The van der Waals surface area contributed by atoms with Crippen LogP contribution in [0.15, 0.2) is 146 Å². The van der Waals surface area contributed by atoms with Crippen molar-refractivity contribution in [1.29, 1.82) is 0 Å². The fourth-order valence-corrected chi connectivity index (χ4v) is 9.47. The molecule has 0 aliphatic carbocycles. The van der Waals surface area contributed by atoms with Crippen LogP contribution in [-0.2, 0) is 5.66 Å². The molecule has 1 spiro atoms. The van der Waals surface area contributed by atoms with Gasteiger partial charge in [0.2, 0.25) is 6.20 Å². The van der Waals surface area contributed by atoms with E-state index in [-0.39, 0.29) is 0 Å². The van der Waals surface area contributed by atoms with E-state index < -0.39 is 5.66 Å². The topological polar surface area (TPSA) is 27.0 Å². The van der Waals surface area contributed by atoms with Crippen molar-refractivity contribution < 1.29 is 9.25 Å². The number of rotatable bonds is 1. The van der Waals surface area contributed by atoms with Crippen LogP contribution in [0.5, 0.6) is 0 Å². The van der Waals surface area contributed by atoms with E-state index in [1.807, 2.05) is 0 Å². The van der Waals surface area contributed by atoms with Crippen LogP contribution in [0.4, 0.5) is 0 Å². The number of hydrogen-bond donors (Lipinski definition) is 0. The quantitative estimate of drug-likeness (QED) is 0.176. The fraction of sp³-hybridized carbons (Fsp3) is 0.0244. The lowest BCUT2D eigenvalue weighted by atomic mass is 9.82. The van der Waals surface area contributed by atoms with Crippen molar-refractivity contribution in [3.63, 3.8) is 0 Å². The van der Waals surface area contributed by atoms with Crippen LogP contribution < -0.4 is 9.25 Å². The summed E-state index contributed by atoms with van der Waals surface area (Å²) in [6.45, 7) is 0. The molecule has 0 bridgehead atoms. The molecule has 0 fully saturated rings. The number of para-hydroxylation sites is 2. The minimum absolute atomic E-state index is 0.646. The second kappa shape index (κ2) is 7.35. The summed E-state index contributed by atoms with van der Waals surface area (Å²) in [7, 11) is 0. The predicted octanol–water partition coefficient (Wildman–Crippen LogP) is 7.40. The Bertz CT molecular complexity index is 3020. The maximum Gasteiger partial charge on any atom is 0.394 e. The highest BCUT2D eigenvalue weighted by Crippen LogP contribution is 2.54. The first kappa shape index (κ1) is 23.0. The third-order valence-corrected chi connectivity index (χ3v) is 11.1. The van der Waals surface area contributed by atoms with Gasteiger partial charge in [0.05, 0.1) is 34.7 Å². The van der Waals surface area contributed by atoms with Crippen LogP contribution in [0.2, 0.25) is 0 Å². The normalized spacial score (nSPS) is 16.6. The van der Waals surface area contributed by atoms with Gasteiger partial charge in [-0.05, 0) is 60.7 Å². The standard InChI is InChI=1S/C41H24N6/c1-3-13-32-28(11-1)30-21-31-29-12-2-4-14-33(29)47-36-17-6-8-19-43(36)41-37-34(15-9-16-35(37)46(32)39(30)38(41)40(31)47)44-23-26(24-45(41)44)25-20-27-10-5-7-18-42(27)22-25/h1-24H/q+2. The van der Waals surface area contributed by atoms with Crippen molar-refractivity contribution in [3.05, 3.63) is 157 Å². The third kappa shape index (κ3) is 2.31. The maximum absolute atomic E-state index is 2.54. The Morgan fingerprint density at radius 2 is 1.30 bits per heavy atom. The smallest absolute Gasteiger partial charge is 0.323 e. The highest BCUT2D eigenvalue weighted by atomic mass is 15.5. The zero-order valence-electron chi connectivity index (χ0n) is 25.0. The van der Waals surface area contributed by atoms with Crippen molar-refractivity contribution in [2.75, 3.05) is 0 Å². The van der Waals surface area contributed by atoms with Gasteiger partial charge in [-0.25, -0.2) is 0 Å². The molecule has 0 N–H and O–H groups in total. The molecule has 1 atom stereocenters. The number of fused-ring (bicyclic) bond motifs is 12. The average molecular weight is 601 g/mol. The van der Waals surface area contributed by atoms with E-state index in [9.17, 15) is 0 Å². The second-order valence-electron chi connectivity index (χ2n) is 13.2. The predicted molar refractivity (Wildman–Crippen MR) is 183 cm³/mol. The molecule has 10 aromatic rings. The van der Waals surface area contributed by atoms with E-state index in [4.69, 9.17) is 0 Å². The molecule has 47 heavy (non-hydrogen) atoms. The van der Waals surface area contributed by atoms with Gasteiger partial charge >= 0.3 is 5.66 Å². The molecule has 0 saturated heterocycles. The largest absolute Gasteiger partial charge is 0.394 e. The molecule has 6 aromatic heterocycles. The second-order valence-corrected chi connectivity index (χ2v) is 13.2. The summed E-state index contributed by atoms with van der Waals surface area (Å²) in [4.78, 5) is 0. The van der Waals surface area contributed by atoms with E-state index >= 15 is 0 Å². The summed E-state index contributed by atoms with van der Waals surface area (Å²) in [6.07, 6.45) is 11.4. The summed E-state index contributed by atoms with van der Waals surface area (Å²) in [5.41, 5.74) is 13.1. The van der Waals surface area contributed by atoms with E-state index in [0.717, 1.165) is 5.82 Å². The van der Waals surface area contributed by atoms with Crippen molar-refractivity contribution in [2.24, 2.45) is 0 Å². The first-order chi connectivity index (χ1) is 23.3. The van der Waals surface area contributed by atoms with Crippen molar-refractivity contribution in [1.82, 2.24) is 18.2 Å². The minimum Gasteiger partial charge on any atom is -0.323 e. The summed E-state index contributed by atoms with van der Waals surface area (Å²) in [5.74, 6) is 1.16. The number of hydrogen-bond acceptors (Lipinski definition) is 0. The Morgan fingerprint density at radius 3 is 2.15 bits per heavy atom. The lowest BCUT2D eigenvalue weighted by Gasteiger charge is -2.32. The Hall–Kier alpha value is -6.40. The van der Waals surface area contributed by atoms with Crippen molar-refractivity contribution in [3.8, 4) is 28.3 Å². The van der Waals surface area contributed by atoms with Gasteiger partial charge in [0.1, 0.15) is 22.3 Å². The highest BCUT2D eigenvalue weighted by molar-refractivity contribution is 6.22. The summed E-state index contributed by atoms with van der Waals surface area (Å²) in [5, 5.41) is 5.16. The van der Waals surface area contributed by atoms with Gasteiger partial charge in [-0.3, -0.25) is 0 Å². The van der Waals surface area contributed by atoms with Crippen LogP contribution >= 0.6 is 0 Å². The van der Waals surface area contributed by atoms with Crippen molar-refractivity contribution >= 4 is 49.1 Å². The van der Waals surface area contributed by atoms with Crippen LogP contribution in [0, 0.1) is 0 Å². The molecule has 0 amide bonds. The molecule has 6 nitrogen and oxygen atoms in total. The molecule has 3 aliphatic rings. The molecule has 1 unspecified atom stereocenters. The highest BCUT2D eigenvalue weighted by Gasteiger charge is 2.68. The van der Waals surface area contributed by atoms with Gasteiger partial charge in [0.15, 0.2) is 5.52 Å². The zero-order valence-corrected chi connectivity index (χ0v) is 25.0. The number of nitrogens with zero attached hydrogens (tertiary/aromatic N) is 6. The Kier molecular flexibility index (Phi) is 3.60. The van der Waals surface area contributed by atoms with Gasteiger partial charge in [-0.2, -0.15) is 9.13 Å². The molecule has 0 saturated carbocycles. The van der Waals surface area contributed by atoms with Crippen LogP contribution in [0.1, 0.15) is 11.1 Å². The Balaban J connectivity index is 1.31. The molecular formula is C41H24N6+2. The van der Waals surface area contributed by atoms with Crippen LogP contribution in [0.3, 0.4) is 0 Å². The van der Waals surface area contributed by atoms with Gasteiger partial charge in [-0.1, -0.05) is 53.2 Å². The third-order valence-electron chi connectivity index (χ3n) is 11.1. The van der Waals surface area contributed by atoms with Crippen LogP contribution in [0.25, 0.3) is 77.4 Å². The monoisotopic (exact) mass is 600 g/mol. The summed E-state index contributed by atoms with van der Waals surface area (Å²) >= 11 is 0. The molecule has 216 valence electrons. The Labute approximate surface area is 267 Å². The SMILES string of the molecule is c1cc2c3c(c1)-n1cc(-c4cc5ccccn5c4)c[n+]1C31c3c4c(cc5c6ccccc6n(c35)-c3cccc[n+]31)c1ccccc1n4-2. The van der Waals surface area contributed by atoms with E-state index in [1.54, 1.807) is 0 Å². The minimum atomic E-state index is -0.646. The number of aromatic nitrogens is 6. The average Bonchev–Trinajstić information content (AvgIpc) is 3.93. The van der Waals surface area contributed by atoms with E-state index in [0.29, 0.717) is 0 Å². The van der Waals surface area contributed by atoms with E-state index in [1.165, 1.54) is 82.8 Å². The van der Waals surface area contributed by atoms with Gasteiger partial charge in [0.25, 0.3) is 5.82 Å². The molecule has 13 rings (SSSR count). The first-order valence-electron chi connectivity index (χ1n) is 16.2. The number of benzene rings is 4. The molecule has 9 heterocycles. The first-order valence-corrected chi connectivity index (χ1v) is 16.2. The molecule has 4 aromatic carbocycles. The zero-order chi connectivity index (χ0) is 30.2. The van der Waals surface area contributed by atoms with Crippen LogP contribution in [-0.4, -0.2) is 18.2 Å². The molecule has 0 radical (unpaired) electrons. The lowest BCUT2D eigenvalue weighted by molar-refractivity contribution is -0.993. The maximum atomic E-state index is 2.54. The fourth-order valence-electron chi connectivity index (χ4n) is 9.47. The summed E-state index contributed by atoms with van der Waals surface area (Å²) in [6, 6.07) is 42.4. The lowest BCUT2D eigenvalue weighted by Crippen LogP contribution is -2.76. The van der Waals surface area contributed by atoms with Crippen molar-refractivity contribution in [2.45, 2.75) is 5.66 Å². The molecule has 6 heteroatoms. The molecule has 3 aliphatic heterocycles. The summed E-state index contributed by atoms with van der Waals surface area (Å²) < 4.78 is 14.7. The Morgan fingerprint density at radius 1 is 0.553 bits per heavy atom. The van der Waals surface area contributed by atoms with Gasteiger partial charge in [-0.15, -0.1) is 4.68 Å².